The van der Waals surface area contributed by atoms with Gasteiger partial charge in [-0.05, 0) is 19.8 Å². The van der Waals surface area contributed by atoms with Crippen molar-refractivity contribution in [1.29, 1.82) is 0 Å². The number of carbonyl (C=O) groups is 1. The Balaban J connectivity index is 2.45. The van der Waals surface area contributed by atoms with Gasteiger partial charge in [0.05, 0.1) is 6.61 Å². The summed E-state index contributed by atoms with van der Waals surface area (Å²) in [5, 5.41) is 12.3. The summed E-state index contributed by atoms with van der Waals surface area (Å²) < 4.78 is 5.25. The van der Waals surface area contributed by atoms with Crippen LogP contribution in [0.3, 0.4) is 0 Å². The van der Waals surface area contributed by atoms with E-state index in [0.29, 0.717) is 18.3 Å². The molecule has 0 saturated carbocycles. The van der Waals surface area contributed by atoms with Crippen LogP contribution in [0.15, 0.2) is 0 Å². The second-order valence-corrected chi connectivity index (χ2v) is 5.01. The average Bonchev–Trinajstić information content (AvgIpc) is 2.79. The fraction of sp³-hybridized carbons (Fsp3) is 0.750. The number of hydrogen-bond acceptors (Lipinski definition) is 5. The van der Waals surface area contributed by atoms with Crippen LogP contribution in [-0.4, -0.2) is 29.3 Å². The topological polar surface area (TPSA) is 64.1 Å². The van der Waals surface area contributed by atoms with Gasteiger partial charge in [0.2, 0.25) is 11.0 Å². The molecule has 1 aromatic heterocycles. The summed E-state index contributed by atoms with van der Waals surface area (Å²) in [6.45, 7) is 7.34. The van der Waals surface area contributed by atoms with Gasteiger partial charge in [-0.15, -0.1) is 10.2 Å². The van der Waals surface area contributed by atoms with Crippen molar-refractivity contribution in [3.8, 4) is 0 Å². The lowest BCUT2D eigenvalue weighted by Crippen LogP contribution is -2.21. The Morgan fingerprint density at radius 1 is 1.33 bits per heavy atom. The highest BCUT2D eigenvalue weighted by molar-refractivity contribution is 7.15. The van der Waals surface area contributed by atoms with Crippen molar-refractivity contribution in [3.05, 3.63) is 5.01 Å². The van der Waals surface area contributed by atoms with Gasteiger partial charge >= 0.3 is 0 Å². The number of amides is 1. The van der Waals surface area contributed by atoms with Gasteiger partial charge in [-0.25, -0.2) is 0 Å². The smallest absolute Gasteiger partial charge is 0.229 e. The van der Waals surface area contributed by atoms with Crippen LogP contribution in [0.5, 0.6) is 0 Å². The van der Waals surface area contributed by atoms with Gasteiger partial charge in [-0.3, -0.25) is 4.79 Å². The van der Waals surface area contributed by atoms with E-state index in [9.17, 15) is 4.79 Å². The number of hydrogen-bond donors (Lipinski definition) is 1. The molecular formula is C12H21N3O2S. The molecule has 1 aromatic rings. The minimum atomic E-state index is 0.0347. The van der Waals surface area contributed by atoms with Crippen LogP contribution in [0.4, 0.5) is 5.13 Å². The number of rotatable bonds is 8. The Bertz CT molecular complexity index is 364. The number of nitrogens with one attached hydrogen (secondary N) is 1. The predicted octanol–water partition coefficient (Wildman–Crippen LogP) is 2.49. The SMILES string of the molecule is CCOCCc1nnc(NC(=O)C(CC)CC)s1. The van der Waals surface area contributed by atoms with Crippen molar-refractivity contribution in [3.63, 3.8) is 0 Å². The molecule has 6 heteroatoms. The van der Waals surface area contributed by atoms with E-state index in [1.54, 1.807) is 0 Å². The zero-order valence-corrected chi connectivity index (χ0v) is 12.0. The summed E-state index contributed by atoms with van der Waals surface area (Å²) in [5.41, 5.74) is 0. The van der Waals surface area contributed by atoms with Gasteiger partial charge in [0, 0.05) is 18.9 Å². The lowest BCUT2D eigenvalue weighted by atomic mass is 10.0. The maximum atomic E-state index is 11.8. The first-order chi connectivity index (χ1) is 8.71. The van der Waals surface area contributed by atoms with Crippen LogP contribution >= 0.6 is 11.3 Å². The van der Waals surface area contributed by atoms with Gasteiger partial charge in [-0.1, -0.05) is 25.2 Å². The Labute approximate surface area is 112 Å². The summed E-state index contributed by atoms with van der Waals surface area (Å²) >= 11 is 1.42. The first-order valence-electron chi connectivity index (χ1n) is 6.42. The molecule has 0 aliphatic rings. The average molecular weight is 271 g/mol. The Hall–Kier alpha value is -1.01. The van der Waals surface area contributed by atoms with Crippen LogP contribution in [0.25, 0.3) is 0 Å². The molecule has 0 aliphatic heterocycles. The molecule has 0 aliphatic carbocycles. The first kappa shape index (κ1) is 15.0. The third kappa shape index (κ3) is 4.70. The second kappa shape index (κ2) is 8.16. The maximum Gasteiger partial charge on any atom is 0.229 e. The van der Waals surface area contributed by atoms with Gasteiger partial charge in [0.1, 0.15) is 5.01 Å². The van der Waals surface area contributed by atoms with Crippen LogP contribution < -0.4 is 5.32 Å². The van der Waals surface area contributed by atoms with Crippen LogP contribution in [-0.2, 0) is 16.0 Å². The molecule has 1 rings (SSSR count). The molecule has 18 heavy (non-hydrogen) atoms. The Kier molecular flexibility index (Phi) is 6.82. The second-order valence-electron chi connectivity index (χ2n) is 3.95. The summed E-state index contributed by atoms with van der Waals surface area (Å²) in [5.74, 6) is 0.0910. The van der Waals surface area contributed by atoms with E-state index < -0.39 is 0 Å². The fourth-order valence-corrected chi connectivity index (χ4v) is 2.30. The van der Waals surface area contributed by atoms with Crippen molar-refractivity contribution in [2.24, 2.45) is 5.92 Å². The molecule has 1 N–H and O–H groups in total. The highest BCUT2D eigenvalue weighted by Crippen LogP contribution is 2.18. The van der Waals surface area contributed by atoms with Crippen molar-refractivity contribution in [2.45, 2.75) is 40.0 Å². The normalized spacial score (nSPS) is 10.9. The molecule has 0 saturated heterocycles. The number of carbonyl (C=O) groups excluding carboxylic acids is 1. The van der Waals surface area contributed by atoms with E-state index in [0.717, 1.165) is 24.3 Å². The Morgan fingerprint density at radius 2 is 2.06 bits per heavy atom. The van der Waals surface area contributed by atoms with Crippen molar-refractivity contribution in [1.82, 2.24) is 10.2 Å². The van der Waals surface area contributed by atoms with Crippen molar-refractivity contribution in [2.75, 3.05) is 18.5 Å². The zero-order chi connectivity index (χ0) is 13.4. The maximum absolute atomic E-state index is 11.8. The molecule has 0 fully saturated rings. The molecule has 0 aromatic carbocycles. The third-order valence-electron chi connectivity index (χ3n) is 2.72. The number of anilines is 1. The summed E-state index contributed by atoms with van der Waals surface area (Å²) in [7, 11) is 0. The van der Waals surface area contributed by atoms with E-state index in [-0.39, 0.29) is 11.8 Å². The van der Waals surface area contributed by atoms with Crippen LogP contribution in [0.1, 0.15) is 38.6 Å². The predicted molar refractivity (Wildman–Crippen MR) is 72.8 cm³/mol. The molecule has 102 valence electrons. The van der Waals surface area contributed by atoms with E-state index in [1.165, 1.54) is 11.3 Å². The number of ether oxygens (including phenoxy) is 1. The van der Waals surface area contributed by atoms with Crippen LogP contribution in [0, 0.1) is 5.92 Å². The van der Waals surface area contributed by atoms with E-state index in [1.807, 2.05) is 20.8 Å². The molecule has 0 spiro atoms. The highest BCUT2D eigenvalue weighted by atomic mass is 32.1. The van der Waals surface area contributed by atoms with E-state index in [4.69, 9.17) is 4.74 Å². The highest BCUT2D eigenvalue weighted by Gasteiger charge is 2.16. The minimum absolute atomic E-state index is 0.0347. The molecular weight excluding hydrogens is 250 g/mol. The lowest BCUT2D eigenvalue weighted by molar-refractivity contribution is -0.120. The number of nitrogens with zero attached hydrogens (tertiary/aromatic N) is 2. The van der Waals surface area contributed by atoms with Crippen LogP contribution in [0.2, 0.25) is 0 Å². The first-order valence-corrected chi connectivity index (χ1v) is 7.23. The molecule has 0 radical (unpaired) electrons. The summed E-state index contributed by atoms with van der Waals surface area (Å²) in [6.07, 6.45) is 2.43. The van der Waals surface area contributed by atoms with Gasteiger partial charge in [0.15, 0.2) is 0 Å². The van der Waals surface area contributed by atoms with Gasteiger partial charge in [-0.2, -0.15) is 0 Å². The van der Waals surface area contributed by atoms with Gasteiger partial charge in [0.25, 0.3) is 0 Å². The largest absolute Gasteiger partial charge is 0.381 e. The molecule has 0 atom stereocenters. The molecule has 0 bridgehead atoms. The van der Waals surface area contributed by atoms with E-state index in [2.05, 4.69) is 15.5 Å². The van der Waals surface area contributed by atoms with Crippen molar-refractivity contribution < 1.29 is 9.53 Å². The molecule has 0 unspecified atom stereocenters. The Morgan fingerprint density at radius 3 is 2.67 bits per heavy atom. The third-order valence-corrected chi connectivity index (χ3v) is 3.62. The molecule has 1 heterocycles. The molecule has 1 amide bonds. The quantitative estimate of drug-likeness (QED) is 0.738. The van der Waals surface area contributed by atoms with E-state index >= 15 is 0 Å². The minimum Gasteiger partial charge on any atom is -0.381 e. The summed E-state index contributed by atoms with van der Waals surface area (Å²) in [4.78, 5) is 11.8. The fourth-order valence-electron chi connectivity index (χ4n) is 1.58. The lowest BCUT2D eigenvalue weighted by Gasteiger charge is -2.09. The zero-order valence-electron chi connectivity index (χ0n) is 11.2. The van der Waals surface area contributed by atoms with Crippen molar-refractivity contribution >= 4 is 22.4 Å². The number of aromatic nitrogens is 2. The van der Waals surface area contributed by atoms with Gasteiger partial charge < -0.3 is 10.1 Å². The molecule has 5 nitrogen and oxygen atoms in total. The standard InChI is InChI=1S/C12H21N3O2S/c1-4-9(5-2)11(16)13-12-15-14-10(18-12)7-8-17-6-3/h9H,4-8H2,1-3H3,(H,13,15,16). The summed E-state index contributed by atoms with van der Waals surface area (Å²) in [6, 6.07) is 0. The monoisotopic (exact) mass is 271 g/mol.